The van der Waals surface area contributed by atoms with Crippen LogP contribution in [0.1, 0.15) is 51.1 Å². The molecule has 1 fully saturated rings. The van der Waals surface area contributed by atoms with Crippen LogP contribution >= 0.6 is 11.8 Å². The van der Waals surface area contributed by atoms with E-state index in [0.717, 1.165) is 41.6 Å². The van der Waals surface area contributed by atoms with Gasteiger partial charge in [0.15, 0.2) is 5.17 Å². The van der Waals surface area contributed by atoms with Gasteiger partial charge in [0.1, 0.15) is 5.75 Å². The van der Waals surface area contributed by atoms with E-state index in [0.29, 0.717) is 11.3 Å². The van der Waals surface area contributed by atoms with Crippen LogP contribution in [0, 0.1) is 0 Å². The predicted molar refractivity (Wildman–Crippen MR) is 125 cm³/mol. The standard InChI is InChI=1S/C24H29N3O4S/c1-15-7-5-6-12-26(15)20(28)13-18-14-32-24-25-16(2)21(23(29)31-4)22(27(18)24)17-8-10-19(30-3)11-9-17/h8-11,14-15,22H,5-7,12-13H2,1-4H3/t15-,22+/m0/s1. The molecule has 0 radical (unpaired) electrons. The van der Waals surface area contributed by atoms with Crippen molar-refractivity contribution in [1.29, 1.82) is 0 Å². The van der Waals surface area contributed by atoms with Crippen molar-refractivity contribution in [3.05, 3.63) is 52.2 Å². The largest absolute Gasteiger partial charge is 0.497 e. The normalized spacial score (nSPS) is 22.9. The second-order valence-electron chi connectivity index (χ2n) is 8.27. The Hall–Kier alpha value is -2.74. The van der Waals surface area contributed by atoms with Crippen LogP contribution in [0.4, 0.5) is 0 Å². The molecule has 1 amide bonds. The van der Waals surface area contributed by atoms with Crippen molar-refractivity contribution in [3.63, 3.8) is 0 Å². The third kappa shape index (κ3) is 4.16. The first-order valence-corrected chi connectivity index (χ1v) is 11.8. The van der Waals surface area contributed by atoms with Crippen LogP contribution in [-0.2, 0) is 14.3 Å². The number of hydrogen-bond donors (Lipinski definition) is 0. The fourth-order valence-corrected chi connectivity index (χ4v) is 5.53. The third-order valence-electron chi connectivity index (χ3n) is 6.29. The van der Waals surface area contributed by atoms with Crippen LogP contribution in [0.15, 0.2) is 51.6 Å². The van der Waals surface area contributed by atoms with Gasteiger partial charge in [-0.2, -0.15) is 0 Å². The van der Waals surface area contributed by atoms with E-state index < -0.39 is 12.0 Å². The number of thioether (sulfide) groups is 1. The molecule has 0 unspecified atom stereocenters. The number of allylic oxidation sites excluding steroid dienone is 1. The highest BCUT2D eigenvalue weighted by atomic mass is 32.2. The zero-order chi connectivity index (χ0) is 22.8. The molecule has 3 aliphatic heterocycles. The topological polar surface area (TPSA) is 71.4 Å². The van der Waals surface area contributed by atoms with Crippen LogP contribution in [0.25, 0.3) is 0 Å². The number of ether oxygens (including phenoxy) is 2. The molecule has 3 aliphatic rings. The monoisotopic (exact) mass is 455 g/mol. The van der Waals surface area contributed by atoms with E-state index in [1.165, 1.54) is 25.3 Å². The van der Waals surface area contributed by atoms with E-state index in [1.807, 2.05) is 46.4 Å². The SMILES string of the molecule is COC(=O)C1=C(C)N=C2SC=C(CC(=O)N3CCCC[C@@H]3C)N2[C@@H]1c1ccc(OC)cc1. The van der Waals surface area contributed by atoms with E-state index in [2.05, 4.69) is 11.9 Å². The molecule has 2 atom stereocenters. The molecule has 0 N–H and O–H groups in total. The Bertz CT molecular complexity index is 999. The maximum Gasteiger partial charge on any atom is 0.338 e. The van der Waals surface area contributed by atoms with Gasteiger partial charge in [-0.1, -0.05) is 23.9 Å². The summed E-state index contributed by atoms with van der Waals surface area (Å²) < 4.78 is 10.4. The Labute approximate surface area is 193 Å². The highest BCUT2D eigenvalue weighted by Crippen LogP contribution is 2.45. The van der Waals surface area contributed by atoms with Gasteiger partial charge in [0.2, 0.25) is 5.91 Å². The number of piperidine rings is 1. The van der Waals surface area contributed by atoms with Crippen molar-refractivity contribution >= 4 is 28.8 Å². The van der Waals surface area contributed by atoms with Crippen LogP contribution in [-0.4, -0.2) is 53.7 Å². The first-order valence-electron chi connectivity index (χ1n) is 10.9. The van der Waals surface area contributed by atoms with E-state index in [4.69, 9.17) is 9.47 Å². The molecule has 7 nitrogen and oxygen atoms in total. The van der Waals surface area contributed by atoms with Gasteiger partial charge >= 0.3 is 5.97 Å². The van der Waals surface area contributed by atoms with E-state index >= 15 is 0 Å². The molecule has 32 heavy (non-hydrogen) atoms. The number of carbonyl (C=O) groups is 2. The van der Waals surface area contributed by atoms with Crippen molar-refractivity contribution in [2.24, 2.45) is 4.99 Å². The van der Waals surface area contributed by atoms with Gasteiger partial charge in [0.05, 0.1) is 38.0 Å². The van der Waals surface area contributed by atoms with Gasteiger partial charge < -0.3 is 19.3 Å². The Balaban J connectivity index is 1.68. The minimum atomic E-state index is -0.423. The quantitative estimate of drug-likeness (QED) is 0.619. The molecule has 0 aromatic heterocycles. The fraction of sp³-hybridized carbons (Fsp3) is 0.458. The number of amides is 1. The molecular weight excluding hydrogens is 426 g/mol. The van der Waals surface area contributed by atoms with Gasteiger partial charge in [0, 0.05) is 18.3 Å². The van der Waals surface area contributed by atoms with E-state index in [-0.39, 0.29) is 18.4 Å². The Kier molecular flexibility index (Phi) is 6.60. The number of aliphatic imine (C=N–C) groups is 1. The zero-order valence-electron chi connectivity index (χ0n) is 19.0. The molecule has 0 saturated carbocycles. The van der Waals surface area contributed by atoms with Crippen LogP contribution < -0.4 is 4.74 Å². The second-order valence-corrected chi connectivity index (χ2v) is 9.10. The number of nitrogens with zero attached hydrogens (tertiary/aromatic N) is 3. The molecule has 0 spiro atoms. The van der Waals surface area contributed by atoms with Crippen molar-refractivity contribution in [1.82, 2.24) is 9.80 Å². The molecule has 170 valence electrons. The summed E-state index contributed by atoms with van der Waals surface area (Å²) in [6.07, 6.45) is 3.52. The number of carbonyl (C=O) groups excluding carboxylic acids is 2. The highest BCUT2D eigenvalue weighted by Gasteiger charge is 2.41. The lowest BCUT2D eigenvalue weighted by Gasteiger charge is -2.38. The maximum atomic E-state index is 13.2. The molecule has 0 aliphatic carbocycles. The summed E-state index contributed by atoms with van der Waals surface area (Å²) in [6, 6.07) is 7.46. The summed E-state index contributed by atoms with van der Waals surface area (Å²) >= 11 is 1.49. The van der Waals surface area contributed by atoms with Crippen molar-refractivity contribution < 1.29 is 19.1 Å². The van der Waals surface area contributed by atoms with Crippen LogP contribution in [0.3, 0.4) is 0 Å². The first kappa shape index (κ1) is 22.5. The van der Waals surface area contributed by atoms with Crippen LogP contribution in [0.5, 0.6) is 5.75 Å². The van der Waals surface area contributed by atoms with Gasteiger partial charge in [-0.25, -0.2) is 9.79 Å². The summed E-state index contributed by atoms with van der Waals surface area (Å²) in [7, 11) is 3.00. The van der Waals surface area contributed by atoms with E-state index in [1.54, 1.807) is 7.11 Å². The van der Waals surface area contributed by atoms with Gasteiger partial charge in [0.25, 0.3) is 0 Å². The number of likely N-dealkylation sites (tertiary alicyclic amines) is 1. The third-order valence-corrected chi connectivity index (χ3v) is 7.18. The average Bonchev–Trinajstić information content (AvgIpc) is 3.19. The Morgan fingerprint density at radius 1 is 1.19 bits per heavy atom. The zero-order valence-corrected chi connectivity index (χ0v) is 19.8. The smallest absolute Gasteiger partial charge is 0.338 e. The summed E-state index contributed by atoms with van der Waals surface area (Å²) in [4.78, 5) is 34.6. The molecule has 3 heterocycles. The lowest BCUT2D eigenvalue weighted by molar-refractivity contribution is -0.136. The summed E-state index contributed by atoms with van der Waals surface area (Å²) in [6.45, 7) is 4.74. The van der Waals surface area contributed by atoms with Gasteiger partial charge in [-0.15, -0.1) is 0 Å². The number of methoxy groups -OCH3 is 2. The summed E-state index contributed by atoms with van der Waals surface area (Å²) in [5.74, 6) is 0.433. The molecule has 0 bridgehead atoms. The number of esters is 1. The number of hydrogen-bond acceptors (Lipinski definition) is 7. The minimum Gasteiger partial charge on any atom is -0.497 e. The molecule has 1 aromatic carbocycles. The Morgan fingerprint density at radius 3 is 2.59 bits per heavy atom. The summed E-state index contributed by atoms with van der Waals surface area (Å²) in [5, 5.41) is 2.75. The van der Waals surface area contributed by atoms with Gasteiger partial charge in [-0.3, -0.25) is 4.79 Å². The lowest BCUT2D eigenvalue weighted by Crippen LogP contribution is -2.43. The number of amidine groups is 1. The summed E-state index contributed by atoms with van der Waals surface area (Å²) in [5.41, 5.74) is 2.87. The predicted octanol–water partition coefficient (Wildman–Crippen LogP) is 4.23. The van der Waals surface area contributed by atoms with Crippen LogP contribution in [0.2, 0.25) is 0 Å². The molecule has 1 saturated heterocycles. The van der Waals surface area contributed by atoms with Crippen molar-refractivity contribution in [3.8, 4) is 5.75 Å². The lowest BCUT2D eigenvalue weighted by atomic mass is 9.93. The fourth-order valence-electron chi connectivity index (χ4n) is 4.57. The van der Waals surface area contributed by atoms with Crippen molar-refractivity contribution in [2.45, 2.75) is 51.6 Å². The second kappa shape index (κ2) is 9.40. The maximum absolute atomic E-state index is 13.2. The average molecular weight is 456 g/mol. The first-order chi connectivity index (χ1) is 15.4. The number of rotatable bonds is 5. The van der Waals surface area contributed by atoms with Gasteiger partial charge in [-0.05, 0) is 56.2 Å². The Morgan fingerprint density at radius 2 is 1.94 bits per heavy atom. The molecule has 8 heteroatoms. The highest BCUT2D eigenvalue weighted by molar-refractivity contribution is 8.16. The number of benzene rings is 1. The van der Waals surface area contributed by atoms with Crippen molar-refractivity contribution in [2.75, 3.05) is 20.8 Å². The molecule has 4 rings (SSSR count). The number of fused-ring (bicyclic) bond motifs is 1. The molecular formula is C24H29N3O4S. The van der Waals surface area contributed by atoms with E-state index in [9.17, 15) is 9.59 Å². The minimum absolute atomic E-state index is 0.115. The molecule has 1 aromatic rings.